The van der Waals surface area contributed by atoms with E-state index in [-0.39, 0.29) is 18.1 Å². The van der Waals surface area contributed by atoms with Crippen molar-refractivity contribution in [2.45, 2.75) is 6.73 Å². The molecule has 0 aliphatic carbocycles. The third-order valence-electron chi connectivity index (χ3n) is 2.31. The van der Waals surface area contributed by atoms with Gasteiger partial charge in [-0.3, -0.25) is 10.1 Å². The monoisotopic (exact) mass is 232 g/mol. The average Bonchev–Trinajstić information content (AvgIpc) is 2.70. The van der Waals surface area contributed by atoms with Gasteiger partial charge in [-0.2, -0.15) is 5.10 Å². The van der Waals surface area contributed by atoms with E-state index in [2.05, 4.69) is 9.94 Å². The van der Waals surface area contributed by atoms with Gasteiger partial charge in [-0.05, 0) is 6.07 Å². The number of nitro groups is 1. The van der Waals surface area contributed by atoms with Crippen LogP contribution in [0.25, 0.3) is 15.7 Å². The highest BCUT2D eigenvalue weighted by Crippen LogP contribution is 2.32. The van der Waals surface area contributed by atoms with Gasteiger partial charge in [0.1, 0.15) is 6.73 Å². The number of nitro benzene ring substituents is 1. The van der Waals surface area contributed by atoms with Crippen LogP contribution in [0.4, 0.5) is 11.4 Å². The van der Waals surface area contributed by atoms with Crippen LogP contribution >= 0.6 is 0 Å². The Kier molecular flexibility index (Phi) is 2.72. The lowest BCUT2D eigenvalue weighted by atomic mass is 10.2. The van der Waals surface area contributed by atoms with Crippen LogP contribution in [0.3, 0.4) is 0 Å². The van der Waals surface area contributed by atoms with Crippen LogP contribution in [0.15, 0.2) is 18.3 Å². The molecule has 0 saturated heterocycles. The molecule has 1 heterocycles. The molecule has 2 aromatic rings. The number of benzene rings is 1. The van der Waals surface area contributed by atoms with E-state index in [1.807, 2.05) is 0 Å². The van der Waals surface area contributed by atoms with Gasteiger partial charge in [0, 0.05) is 18.6 Å². The highest BCUT2D eigenvalue weighted by Gasteiger charge is 2.17. The minimum absolute atomic E-state index is 0.000327. The third-order valence-corrected chi connectivity index (χ3v) is 2.31. The lowest BCUT2D eigenvalue weighted by Gasteiger charge is -2.01. The molecular formula is C10H8N4O3. The maximum atomic E-state index is 10.8. The van der Waals surface area contributed by atoms with Crippen LogP contribution in [0.2, 0.25) is 0 Å². The van der Waals surface area contributed by atoms with E-state index in [0.29, 0.717) is 10.9 Å². The van der Waals surface area contributed by atoms with Crippen molar-refractivity contribution in [2.75, 3.05) is 7.11 Å². The number of ether oxygens (including phenoxy) is 1. The molecule has 0 aliphatic rings. The normalized spacial score (nSPS) is 10.4. The predicted molar refractivity (Wildman–Crippen MR) is 59.7 cm³/mol. The molecule has 0 spiro atoms. The maximum Gasteiger partial charge on any atom is 0.279 e. The van der Waals surface area contributed by atoms with Gasteiger partial charge in [0.15, 0.2) is 0 Å². The van der Waals surface area contributed by atoms with Gasteiger partial charge < -0.3 is 4.74 Å². The standard InChI is InChI=1S/C10H8N4O3/c1-11-8-4-9-7(3-10(8)14(15)16)5-12-13(9)6-17-2/h3-5H,6H2,2H3. The number of nitrogens with zero attached hydrogens (tertiary/aromatic N) is 4. The first-order chi connectivity index (χ1) is 8.17. The van der Waals surface area contributed by atoms with Crippen LogP contribution in [0, 0.1) is 16.7 Å². The first-order valence-corrected chi connectivity index (χ1v) is 4.67. The Morgan fingerprint density at radius 1 is 1.65 bits per heavy atom. The SMILES string of the molecule is [C-]#[N+]c1cc2c(cnn2COC)cc1[N+](=O)[O-]. The molecule has 86 valence electrons. The molecule has 0 aliphatic heterocycles. The molecule has 0 radical (unpaired) electrons. The highest BCUT2D eigenvalue weighted by molar-refractivity contribution is 5.87. The van der Waals surface area contributed by atoms with E-state index in [1.54, 1.807) is 0 Å². The fourth-order valence-corrected chi connectivity index (χ4v) is 1.56. The number of fused-ring (bicyclic) bond motifs is 1. The molecule has 0 amide bonds. The quantitative estimate of drug-likeness (QED) is 0.461. The lowest BCUT2D eigenvalue weighted by molar-refractivity contribution is -0.383. The number of aromatic nitrogens is 2. The van der Waals surface area contributed by atoms with Crippen LogP contribution in [0.1, 0.15) is 0 Å². The zero-order chi connectivity index (χ0) is 12.4. The van der Waals surface area contributed by atoms with E-state index in [4.69, 9.17) is 11.3 Å². The molecule has 1 aromatic heterocycles. The molecule has 7 heteroatoms. The molecular weight excluding hydrogens is 224 g/mol. The van der Waals surface area contributed by atoms with Gasteiger partial charge in [-0.15, -0.1) is 0 Å². The third kappa shape index (κ3) is 1.81. The fourth-order valence-electron chi connectivity index (χ4n) is 1.56. The topological polar surface area (TPSA) is 74.5 Å². The van der Waals surface area contributed by atoms with Gasteiger partial charge in [0.2, 0.25) is 0 Å². The van der Waals surface area contributed by atoms with Gasteiger partial charge in [0.25, 0.3) is 11.4 Å². The Bertz CT molecular complexity index is 626. The second-order valence-corrected chi connectivity index (χ2v) is 3.33. The van der Waals surface area contributed by atoms with Crippen molar-refractivity contribution in [1.29, 1.82) is 0 Å². The molecule has 0 unspecified atom stereocenters. The first kappa shape index (κ1) is 11.0. The van der Waals surface area contributed by atoms with E-state index in [0.717, 1.165) is 0 Å². The zero-order valence-electron chi connectivity index (χ0n) is 8.95. The number of hydrogen-bond acceptors (Lipinski definition) is 4. The van der Waals surface area contributed by atoms with Crippen molar-refractivity contribution in [3.63, 3.8) is 0 Å². The van der Waals surface area contributed by atoms with Gasteiger partial charge in [0.05, 0.1) is 23.2 Å². The molecule has 17 heavy (non-hydrogen) atoms. The number of methoxy groups -OCH3 is 1. The van der Waals surface area contributed by atoms with Crippen molar-refractivity contribution >= 4 is 22.3 Å². The predicted octanol–water partition coefficient (Wildman–Crippen LogP) is 2.10. The summed E-state index contributed by atoms with van der Waals surface area (Å²) in [4.78, 5) is 13.3. The Morgan fingerprint density at radius 3 is 3.00 bits per heavy atom. The Labute approximate surface area is 96.2 Å². The average molecular weight is 232 g/mol. The molecule has 1 aromatic carbocycles. The molecule has 7 nitrogen and oxygen atoms in total. The minimum atomic E-state index is -0.569. The fraction of sp³-hybridized carbons (Fsp3) is 0.200. The second-order valence-electron chi connectivity index (χ2n) is 3.33. The summed E-state index contributed by atoms with van der Waals surface area (Å²) in [6, 6.07) is 2.80. The van der Waals surface area contributed by atoms with Gasteiger partial charge in [-0.1, -0.05) is 0 Å². The van der Waals surface area contributed by atoms with Gasteiger partial charge in [-0.25, -0.2) is 9.53 Å². The van der Waals surface area contributed by atoms with Crippen LogP contribution in [-0.2, 0) is 11.5 Å². The minimum Gasteiger partial charge on any atom is -0.362 e. The van der Waals surface area contributed by atoms with Crippen LogP contribution in [0.5, 0.6) is 0 Å². The lowest BCUT2D eigenvalue weighted by Crippen LogP contribution is -2.01. The summed E-state index contributed by atoms with van der Waals surface area (Å²) >= 11 is 0. The van der Waals surface area contributed by atoms with E-state index in [9.17, 15) is 10.1 Å². The molecule has 0 atom stereocenters. The zero-order valence-corrected chi connectivity index (χ0v) is 8.95. The van der Waals surface area contributed by atoms with Gasteiger partial charge >= 0.3 is 0 Å². The number of rotatable bonds is 3. The summed E-state index contributed by atoms with van der Waals surface area (Å²) in [6.45, 7) is 7.17. The molecule has 0 saturated carbocycles. The summed E-state index contributed by atoms with van der Waals surface area (Å²) in [6.07, 6.45) is 1.51. The van der Waals surface area contributed by atoms with Crippen molar-refractivity contribution in [3.05, 3.63) is 39.9 Å². The van der Waals surface area contributed by atoms with Crippen LogP contribution < -0.4 is 0 Å². The van der Waals surface area contributed by atoms with E-state index in [1.165, 1.54) is 30.1 Å². The van der Waals surface area contributed by atoms with E-state index < -0.39 is 4.92 Å². The Balaban J connectivity index is 2.68. The first-order valence-electron chi connectivity index (χ1n) is 4.67. The maximum absolute atomic E-state index is 10.8. The Morgan fingerprint density at radius 2 is 2.41 bits per heavy atom. The summed E-state index contributed by atoms with van der Waals surface area (Å²) < 4.78 is 6.47. The molecule has 2 rings (SSSR count). The van der Waals surface area contributed by atoms with Crippen molar-refractivity contribution in [3.8, 4) is 0 Å². The summed E-state index contributed by atoms with van der Waals surface area (Å²) in [7, 11) is 1.52. The molecule has 0 N–H and O–H groups in total. The highest BCUT2D eigenvalue weighted by atomic mass is 16.6. The summed E-state index contributed by atoms with van der Waals surface area (Å²) in [5, 5.41) is 15.4. The largest absolute Gasteiger partial charge is 0.362 e. The summed E-state index contributed by atoms with van der Waals surface area (Å²) in [5.74, 6) is 0. The Hall–Kier alpha value is -2.46. The van der Waals surface area contributed by atoms with Crippen LogP contribution in [-0.4, -0.2) is 21.8 Å². The molecule has 0 fully saturated rings. The van der Waals surface area contributed by atoms with Crippen molar-refractivity contribution in [2.24, 2.45) is 0 Å². The van der Waals surface area contributed by atoms with Crippen molar-refractivity contribution in [1.82, 2.24) is 9.78 Å². The number of hydrogen-bond donors (Lipinski definition) is 0. The van der Waals surface area contributed by atoms with Crippen molar-refractivity contribution < 1.29 is 9.66 Å². The summed E-state index contributed by atoms with van der Waals surface area (Å²) in [5.41, 5.74) is 0.438. The smallest absolute Gasteiger partial charge is 0.279 e. The molecule has 0 bridgehead atoms. The second kappa shape index (κ2) is 4.19. The van der Waals surface area contributed by atoms with E-state index >= 15 is 0 Å².